The van der Waals surface area contributed by atoms with Crippen LogP contribution in [0.3, 0.4) is 0 Å². The highest BCUT2D eigenvalue weighted by atomic mass is 16.1. The van der Waals surface area contributed by atoms with E-state index >= 15 is 0 Å². The minimum absolute atomic E-state index is 0.413. The summed E-state index contributed by atoms with van der Waals surface area (Å²) in [4.78, 5) is 27.4. The van der Waals surface area contributed by atoms with E-state index in [0.29, 0.717) is 23.8 Å². The lowest BCUT2D eigenvalue weighted by Crippen LogP contribution is -2.16. The van der Waals surface area contributed by atoms with E-state index < -0.39 is 0 Å². The Labute approximate surface area is 226 Å². The van der Waals surface area contributed by atoms with Crippen LogP contribution in [0, 0.1) is 0 Å². The number of hydrogen-bond acceptors (Lipinski definition) is 6. The Hall–Kier alpha value is -5.30. The SMILES string of the molecule is CN(Cc1ccc(-n2c(-c3cccnc3N)nc3ccc(-c4ccccc4)nc32)cc1)c1ccc(C=O)cc1. The molecule has 0 saturated carbocycles. The van der Waals surface area contributed by atoms with E-state index in [1.165, 1.54) is 0 Å². The van der Waals surface area contributed by atoms with E-state index in [-0.39, 0.29) is 0 Å². The molecule has 3 heterocycles. The summed E-state index contributed by atoms with van der Waals surface area (Å²) in [6.07, 6.45) is 2.53. The standard InChI is InChI=1S/C32H26N6O/c1-37(25-13-11-23(21-39)12-14-25)20-22-9-15-26(16-10-22)38-31(27-8-5-19-34-30(27)33)36-29-18-17-28(35-32(29)38)24-6-3-2-4-7-24/h2-19,21H,20H2,1H3,(H2,33,34). The second-order valence-corrected chi connectivity index (χ2v) is 9.34. The van der Waals surface area contributed by atoms with Gasteiger partial charge in [0.25, 0.3) is 0 Å². The van der Waals surface area contributed by atoms with Crippen molar-refractivity contribution in [3.05, 3.63) is 120 Å². The van der Waals surface area contributed by atoms with Gasteiger partial charge < -0.3 is 10.6 Å². The van der Waals surface area contributed by atoms with E-state index in [1.807, 2.05) is 90.5 Å². The van der Waals surface area contributed by atoms with Crippen molar-refractivity contribution in [3.63, 3.8) is 0 Å². The van der Waals surface area contributed by atoms with Gasteiger partial charge in [-0.1, -0.05) is 42.5 Å². The zero-order valence-electron chi connectivity index (χ0n) is 21.4. The number of benzene rings is 3. The largest absolute Gasteiger partial charge is 0.383 e. The van der Waals surface area contributed by atoms with Gasteiger partial charge in [-0.3, -0.25) is 9.36 Å². The molecule has 190 valence electrons. The highest BCUT2D eigenvalue weighted by molar-refractivity contribution is 5.84. The molecule has 2 N–H and O–H groups in total. The molecule has 7 heteroatoms. The Morgan fingerprint density at radius 1 is 0.846 bits per heavy atom. The summed E-state index contributed by atoms with van der Waals surface area (Å²) in [5.74, 6) is 1.10. The first-order valence-electron chi connectivity index (χ1n) is 12.6. The molecular formula is C32H26N6O. The lowest BCUT2D eigenvalue weighted by atomic mass is 10.1. The minimum Gasteiger partial charge on any atom is -0.383 e. The Morgan fingerprint density at radius 3 is 2.33 bits per heavy atom. The van der Waals surface area contributed by atoms with Crippen molar-refractivity contribution in [2.24, 2.45) is 0 Å². The monoisotopic (exact) mass is 510 g/mol. The van der Waals surface area contributed by atoms with Gasteiger partial charge >= 0.3 is 0 Å². The van der Waals surface area contributed by atoms with Crippen LogP contribution in [-0.4, -0.2) is 32.9 Å². The lowest BCUT2D eigenvalue weighted by molar-refractivity contribution is 0.112. The van der Waals surface area contributed by atoms with Gasteiger partial charge in [0, 0.05) is 42.3 Å². The molecule has 6 aromatic rings. The Balaban J connectivity index is 1.41. The van der Waals surface area contributed by atoms with Crippen molar-refractivity contribution >= 4 is 29.0 Å². The fraction of sp³-hybridized carbons (Fsp3) is 0.0625. The van der Waals surface area contributed by atoms with Crippen LogP contribution in [0.2, 0.25) is 0 Å². The van der Waals surface area contributed by atoms with Crippen molar-refractivity contribution in [2.75, 3.05) is 17.7 Å². The fourth-order valence-corrected chi connectivity index (χ4v) is 4.68. The van der Waals surface area contributed by atoms with Gasteiger partial charge in [-0.05, 0) is 66.2 Å². The molecule has 0 aliphatic carbocycles. The van der Waals surface area contributed by atoms with Crippen molar-refractivity contribution in [1.82, 2.24) is 19.5 Å². The van der Waals surface area contributed by atoms with Crippen molar-refractivity contribution in [3.8, 4) is 28.3 Å². The van der Waals surface area contributed by atoms with Crippen LogP contribution in [-0.2, 0) is 6.54 Å². The maximum atomic E-state index is 11.0. The molecule has 0 unspecified atom stereocenters. The van der Waals surface area contributed by atoms with E-state index in [9.17, 15) is 4.79 Å². The number of carbonyl (C=O) groups is 1. The molecule has 3 aromatic carbocycles. The number of imidazole rings is 1. The normalized spacial score (nSPS) is 11.0. The van der Waals surface area contributed by atoms with Gasteiger partial charge in [0.1, 0.15) is 17.6 Å². The third kappa shape index (κ3) is 4.73. The number of fused-ring (bicyclic) bond motifs is 1. The second-order valence-electron chi connectivity index (χ2n) is 9.34. The number of nitrogen functional groups attached to an aromatic ring is 1. The second kappa shape index (κ2) is 10.2. The summed E-state index contributed by atoms with van der Waals surface area (Å²) in [6.45, 7) is 0.713. The van der Waals surface area contributed by atoms with E-state index in [2.05, 4.69) is 34.1 Å². The van der Waals surface area contributed by atoms with Crippen LogP contribution < -0.4 is 10.6 Å². The average molecular weight is 511 g/mol. The minimum atomic E-state index is 0.413. The lowest BCUT2D eigenvalue weighted by Gasteiger charge is -2.20. The number of anilines is 2. The van der Waals surface area contributed by atoms with Gasteiger partial charge in [0.2, 0.25) is 0 Å². The predicted molar refractivity (Wildman–Crippen MR) is 156 cm³/mol. The number of aromatic nitrogens is 4. The summed E-state index contributed by atoms with van der Waals surface area (Å²) < 4.78 is 2.04. The fourth-order valence-electron chi connectivity index (χ4n) is 4.68. The highest BCUT2D eigenvalue weighted by Crippen LogP contribution is 2.32. The molecule has 7 nitrogen and oxygen atoms in total. The van der Waals surface area contributed by atoms with E-state index in [1.54, 1.807) is 6.20 Å². The summed E-state index contributed by atoms with van der Waals surface area (Å²) in [7, 11) is 2.03. The first-order valence-corrected chi connectivity index (χ1v) is 12.6. The number of pyridine rings is 2. The maximum absolute atomic E-state index is 11.0. The Kier molecular flexibility index (Phi) is 6.31. The molecule has 0 saturated heterocycles. The maximum Gasteiger partial charge on any atom is 0.165 e. The summed E-state index contributed by atoms with van der Waals surface area (Å²) in [5.41, 5.74) is 14.2. The first kappa shape index (κ1) is 24.1. The van der Waals surface area contributed by atoms with Crippen LogP contribution in [0.1, 0.15) is 15.9 Å². The first-order chi connectivity index (χ1) is 19.1. The van der Waals surface area contributed by atoms with Gasteiger partial charge in [0.15, 0.2) is 11.5 Å². The molecule has 3 aromatic heterocycles. The molecule has 0 aliphatic heterocycles. The third-order valence-electron chi connectivity index (χ3n) is 6.74. The average Bonchev–Trinajstić information content (AvgIpc) is 3.37. The van der Waals surface area contributed by atoms with Gasteiger partial charge in [-0.25, -0.2) is 15.0 Å². The molecule has 0 radical (unpaired) electrons. The smallest absolute Gasteiger partial charge is 0.165 e. The Morgan fingerprint density at radius 2 is 1.62 bits per heavy atom. The molecule has 0 bridgehead atoms. The highest BCUT2D eigenvalue weighted by Gasteiger charge is 2.18. The third-order valence-corrected chi connectivity index (χ3v) is 6.74. The predicted octanol–water partition coefficient (Wildman–Crippen LogP) is 6.18. The van der Waals surface area contributed by atoms with Crippen LogP contribution in [0.5, 0.6) is 0 Å². The van der Waals surface area contributed by atoms with Crippen molar-refractivity contribution < 1.29 is 4.79 Å². The molecule has 0 amide bonds. The Bertz CT molecular complexity index is 1760. The number of rotatable bonds is 7. The molecule has 0 fully saturated rings. The van der Waals surface area contributed by atoms with Crippen molar-refractivity contribution in [1.29, 1.82) is 0 Å². The van der Waals surface area contributed by atoms with Crippen LogP contribution in [0.4, 0.5) is 11.5 Å². The molecule has 0 aliphatic rings. The molecule has 39 heavy (non-hydrogen) atoms. The number of aldehydes is 1. The van der Waals surface area contributed by atoms with E-state index in [4.69, 9.17) is 15.7 Å². The molecule has 0 spiro atoms. The van der Waals surface area contributed by atoms with Crippen LogP contribution >= 0.6 is 0 Å². The number of carbonyl (C=O) groups excluding carboxylic acids is 1. The number of nitrogens with zero attached hydrogens (tertiary/aromatic N) is 5. The van der Waals surface area contributed by atoms with Crippen molar-refractivity contribution in [2.45, 2.75) is 6.54 Å². The molecule has 6 rings (SSSR count). The van der Waals surface area contributed by atoms with Crippen LogP contribution in [0.25, 0.3) is 39.5 Å². The molecule has 0 atom stereocenters. The quantitative estimate of drug-likeness (QED) is 0.258. The number of hydrogen-bond donors (Lipinski definition) is 1. The summed E-state index contributed by atoms with van der Waals surface area (Å²) >= 11 is 0. The molecular weight excluding hydrogens is 484 g/mol. The van der Waals surface area contributed by atoms with E-state index in [0.717, 1.165) is 51.2 Å². The van der Waals surface area contributed by atoms with Gasteiger partial charge in [-0.15, -0.1) is 0 Å². The van der Waals surface area contributed by atoms with Gasteiger partial charge in [-0.2, -0.15) is 0 Å². The topological polar surface area (TPSA) is 89.9 Å². The van der Waals surface area contributed by atoms with Crippen LogP contribution in [0.15, 0.2) is 109 Å². The zero-order chi connectivity index (χ0) is 26.8. The number of nitrogens with two attached hydrogens (primary N) is 1. The zero-order valence-corrected chi connectivity index (χ0v) is 21.4. The van der Waals surface area contributed by atoms with Gasteiger partial charge in [0.05, 0.1) is 11.3 Å². The summed E-state index contributed by atoms with van der Waals surface area (Å²) in [6, 6.07) is 33.8. The summed E-state index contributed by atoms with van der Waals surface area (Å²) in [5, 5.41) is 0.